The number of nitrogens with one attached hydrogen (secondary N) is 1. The average Bonchev–Trinajstić information content (AvgIpc) is 2.41. The van der Waals surface area contributed by atoms with Crippen LogP contribution in [0.5, 0.6) is 0 Å². The molecular weight excluding hydrogens is 251 g/mol. The Bertz CT molecular complexity index is 402. The van der Waals surface area contributed by atoms with E-state index < -0.39 is 0 Å². The van der Waals surface area contributed by atoms with Gasteiger partial charge in [0, 0.05) is 31.7 Å². The predicted molar refractivity (Wildman–Crippen MR) is 82.4 cm³/mol. The SMILES string of the molecule is CC(C)CC1CN(C(C)Cc2ccc(F)cc2)CCN1. The molecule has 3 heteroatoms. The van der Waals surface area contributed by atoms with Gasteiger partial charge in [-0.15, -0.1) is 0 Å². The second-order valence-electron chi connectivity index (χ2n) is 6.46. The Balaban J connectivity index is 1.88. The minimum Gasteiger partial charge on any atom is -0.311 e. The highest BCUT2D eigenvalue weighted by Gasteiger charge is 2.23. The maximum absolute atomic E-state index is 12.9. The molecule has 0 aromatic heterocycles. The third kappa shape index (κ3) is 4.57. The summed E-state index contributed by atoms with van der Waals surface area (Å²) in [5.74, 6) is 0.584. The Morgan fingerprint density at radius 1 is 1.25 bits per heavy atom. The zero-order valence-corrected chi connectivity index (χ0v) is 12.9. The van der Waals surface area contributed by atoms with Crippen LogP contribution in [-0.2, 0) is 6.42 Å². The van der Waals surface area contributed by atoms with Crippen LogP contribution in [0.15, 0.2) is 24.3 Å². The van der Waals surface area contributed by atoms with Gasteiger partial charge in [-0.2, -0.15) is 0 Å². The highest BCUT2D eigenvalue weighted by molar-refractivity contribution is 5.17. The lowest BCUT2D eigenvalue weighted by molar-refractivity contribution is 0.143. The van der Waals surface area contributed by atoms with Gasteiger partial charge < -0.3 is 5.32 Å². The number of benzene rings is 1. The number of hydrogen-bond acceptors (Lipinski definition) is 2. The van der Waals surface area contributed by atoms with Gasteiger partial charge in [-0.05, 0) is 43.4 Å². The van der Waals surface area contributed by atoms with Gasteiger partial charge in [-0.25, -0.2) is 4.39 Å². The van der Waals surface area contributed by atoms with Gasteiger partial charge in [-0.3, -0.25) is 4.90 Å². The maximum atomic E-state index is 12.9. The summed E-state index contributed by atoms with van der Waals surface area (Å²) in [4.78, 5) is 2.56. The Hall–Kier alpha value is -0.930. The number of hydrogen-bond donors (Lipinski definition) is 1. The van der Waals surface area contributed by atoms with Crippen molar-refractivity contribution in [1.29, 1.82) is 0 Å². The zero-order chi connectivity index (χ0) is 14.5. The largest absolute Gasteiger partial charge is 0.311 e. The van der Waals surface area contributed by atoms with E-state index in [1.54, 1.807) is 12.1 Å². The monoisotopic (exact) mass is 278 g/mol. The van der Waals surface area contributed by atoms with Gasteiger partial charge in [0.25, 0.3) is 0 Å². The molecule has 2 unspecified atom stereocenters. The summed E-state index contributed by atoms with van der Waals surface area (Å²) in [6, 6.07) is 8.04. The Labute approximate surface area is 122 Å². The topological polar surface area (TPSA) is 15.3 Å². The predicted octanol–water partition coefficient (Wildman–Crippen LogP) is 3.08. The molecule has 112 valence electrons. The molecule has 2 nitrogen and oxygen atoms in total. The van der Waals surface area contributed by atoms with E-state index in [2.05, 4.69) is 31.0 Å². The van der Waals surface area contributed by atoms with Gasteiger partial charge in [0.1, 0.15) is 5.82 Å². The van der Waals surface area contributed by atoms with Crippen molar-refractivity contribution in [2.24, 2.45) is 5.92 Å². The molecule has 20 heavy (non-hydrogen) atoms. The van der Waals surface area contributed by atoms with Crippen molar-refractivity contribution in [3.05, 3.63) is 35.6 Å². The van der Waals surface area contributed by atoms with Crippen molar-refractivity contribution < 1.29 is 4.39 Å². The van der Waals surface area contributed by atoms with Crippen LogP contribution in [0.3, 0.4) is 0 Å². The van der Waals surface area contributed by atoms with E-state index in [1.165, 1.54) is 12.0 Å². The van der Waals surface area contributed by atoms with Crippen molar-refractivity contribution in [3.8, 4) is 0 Å². The lowest BCUT2D eigenvalue weighted by Gasteiger charge is -2.38. The average molecular weight is 278 g/mol. The first-order valence-electron chi connectivity index (χ1n) is 7.76. The van der Waals surface area contributed by atoms with Crippen LogP contribution in [0.4, 0.5) is 4.39 Å². The number of nitrogens with zero attached hydrogens (tertiary/aromatic N) is 1. The summed E-state index contributed by atoms with van der Waals surface area (Å²) in [7, 11) is 0. The van der Waals surface area contributed by atoms with E-state index >= 15 is 0 Å². The normalized spacial score (nSPS) is 22.1. The van der Waals surface area contributed by atoms with Crippen LogP contribution in [0.1, 0.15) is 32.8 Å². The van der Waals surface area contributed by atoms with Crippen molar-refractivity contribution in [3.63, 3.8) is 0 Å². The third-order valence-corrected chi connectivity index (χ3v) is 4.11. The number of rotatable bonds is 5. The first-order chi connectivity index (χ1) is 9.54. The Morgan fingerprint density at radius 3 is 2.60 bits per heavy atom. The Kier molecular flexibility index (Phi) is 5.55. The van der Waals surface area contributed by atoms with Crippen LogP contribution in [-0.4, -0.2) is 36.6 Å². The molecular formula is C17H27FN2. The molecule has 1 fully saturated rings. The smallest absolute Gasteiger partial charge is 0.123 e. The molecule has 1 aliphatic heterocycles. The van der Waals surface area contributed by atoms with Crippen molar-refractivity contribution >= 4 is 0 Å². The summed E-state index contributed by atoms with van der Waals surface area (Å²) in [5, 5.41) is 3.62. The van der Waals surface area contributed by atoms with Gasteiger partial charge in [0.15, 0.2) is 0 Å². The van der Waals surface area contributed by atoms with Crippen LogP contribution in [0, 0.1) is 11.7 Å². The summed E-state index contributed by atoms with van der Waals surface area (Å²) < 4.78 is 12.9. The molecule has 1 N–H and O–H groups in total. The summed E-state index contributed by atoms with van der Waals surface area (Å²) >= 11 is 0. The molecule has 1 aromatic carbocycles. The summed E-state index contributed by atoms with van der Waals surface area (Å²) in [6.07, 6.45) is 2.23. The van der Waals surface area contributed by atoms with Gasteiger partial charge >= 0.3 is 0 Å². The van der Waals surface area contributed by atoms with Gasteiger partial charge in [0.05, 0.1) is 0 Å². The van der Waals surface area contributed by atoms with E-state index in [0.717, 1.165) is 32.0 Å². The first-order valence-corrected chi connectivity index (χ1v) is 7.76. The van der Waals surface area contributed by atoms with Crippen LogP contribution in [0.2, 0.25) is 0 Å². The van der Waals surface area contributed by atoms with E-state index in [4.69, 9.17) is 0 Å². The third-order valence-electron chi connectivity index (χ3n) is 4.11. The minimum atomic E-state index is -0.152. The summed E-state index contributed by atoms with van der Waals surface area (Å²) in [5.41, 5.74) is 1.22. The van der Waals surface area contributed by atoms with Gasteiger partial charge in [-0.1, -0.05) is 26.0 Å². The van der Waals surface area contributed by atoms with Crippen molar-refractivity contribution in [2.75, 3.05) is 19.6 Å². The van der Waals surface area contributed by atoms with E-state index in [1.807, 2.05) is 12.1 Å². The van der Waals surface area contributed by atoms with Crippen molar-refractivity contribution in [2.45, 2.75) is 45.7 Å². The number of halogens is 1. The molecule has 1 aromatic rings. The van der Waals surface area contributed by atoms with E-state index in [-0.39, 0.29) is 5.82 Å². The molecule has 0 spiro atoms. The van der Waals surface area contributed by atoms with Crippen molar-refractivity contribution in [1.82, 2.24) is 10.2 Å². The minimum absolute atomic E-state index is 0.152. The maximum Gasteiger partial charge on any atom is 0.123 e. The highest BCUT2D eigenvalue weighted by Crippen LogP contribution is 2.15. The molecule has 0 bridgehead atoms. The molecule has 0 aliphatic carbocycles. The fraction of sp³-hybridized carbons (Fsp3) is 0.647. The molecule has 2 rings (SSSR count). The second-order valence-corrected chi connectivity index (χ2v) is 6.46. The standard InChI is InChI=1S/C17H27FN2/c1-13(2)10-17-12-20(9-8-19-17)14(3)11-15-4-6-16(18)7-5-15/h4-7,13-14,17,19H,8-12H2,1-3H3. The van der Waals surface area contributed by atoms with Crippen LogP contribution in [0.25, 0.3) is 0 Å². The highest BCUT2D eigenvalue weighted by atomic mass is 19.1. The lowest BCUT2D eigenvalue weighted by Crippen LogP contribution is -2.54. The number of piperazine rings is 1. The zero-order valence-electron chi connectivity index (χ0n) is 12.9. The molecule has 2 atom stereocenters. The lowest BCUT2D eigenvalue weighted by atomic mass is 9.99. The fourth-order valence-electron chi connectivity index (χ4n) is 3.07. The van der Waals surface area contributed by atoms with E-state index in [9.17, 15) is 4.39 Å². The second kappa shape index (κ2) is 7.19. The molecule has 0 amide bonds. The molecule has 1 heterocycles. The van der Waals surface area contributed by atoms with Crippen LogP contribution < -0.4 is 5.32 Å². The summed E-state index contributed by atoms with van der Waals surface area (Å²) in [6.45, 7) is 10.1. The quantitative estimate of drug-likeness (QED) is 0.890. The van der Waals surface area contributed by atoms with Crippen LogP contribution >= 0.6 is 0 Å². The molecule has 0 saturated carbocycles. The molecule has 1 saturated heterocycles. The van der Waals surface area contributed by atoms with E-state index in [0.29, 0.717) is 12.1 Å². The Morgan fingerprint density at radius 2 is 1.95 bits per heavy atom. The molecule has 0 radical (unpaired) electrons. The fourth-order valence-corrected chi connectivity index (χ4v) is 3.07. The van der Waals surface area contributed by atoms with Gasteiger partial charge in [0.2, 0.25) is 0 Å². The molecule has 1 aliphatic rings. The first kappa shape index (κ1) is 15.5.